The molecule has 3 heteroatoms. The average molecular weight is 573 g/mol. The highest BCUT2D eigenvalue weighted by Crippen LogP contribution is 2.39. The summed E-state index contributed by atoms with van der Waals surface area (Å²) in [5.74, 6) is -0.220. The first kappa shape index (κ1) is 21.3. The molecular formula is C33H20INO. The van der Waals surface area contributed by atoms with Crippen molar-refractivity contribution in [3.05, 3.63) is 144 Å². The fraction of sp³-hybridized carbons (Fsp3) is 0. The van der Waals surface area contributed by atoms with Crippen LogP contribution >= 0.6 is 20.7 Å². The van der Waals surface area contributed by atoms with Gasteiger partial charge in [-0.2, -0.15) is 0 Å². The van der Waals surface area contributed by atoms with Crippen LogP contribution in [0, 0.1) is 6.72 Å². The fourth-order valence-corrected chi connectivity index (χ4v) is 8.39. The van der Waals surface area contributed by atoms with Crippen LogP contribution in [0.5, 0.6) is 0 Å². The molecule has 0 unspecified atom stereocenters. The van der Waals surface area contributed by atoms with Crippen molar-refractivity contribution >= 4 is 54.8 Å². The van der Waals surface area contributed by atoms with Crippen LogP contribution in [0.15, 0.2) is 120 Å². The third kappa shape index (κ3) is 3.42. The Morgan fingerprint density at radius 1 is 0.667 bits per heavy atom. The highest BCUT2D eigenvalue weighted by molar-refractivity contribution is 14.2. The van der Waals surface area contributed by atoms with Gasteiger partial charge in [0.2, 0.25) is 0 Å². The lowest BCUT2D eigenvalue weighted by Crippen LogP contribution is -2.20. The predicted octanol–water partition coefficient (Wildman–Crippen LogP) is 7.42. The lowest BCUT2D eigenvalue weighted by molar-refractivity contribution is 0.100. The number of fused-ring (bicyclic) bond motifs is 5. The third-order valence-corrected chi connectivity index (χ3v) is 9.93. The van der Waals surface area contributed by atoms with Gasteiger partial charge in [0.15, 0.2) is 0 Å². The molecule has 0 atom stereocenters. The Morgan fingerprint density at radius 2 is 1.39 bits per heavy atom. The minimum Gasteiger partial charge on any atom is -0.267 e. The molecule has 5 aromatic rings. The Labute approximate surface area is 218 Å². The van der Waals surface area contributed by atoms with E-state index in [4.69, 9.17) is 4.99 Å². The molecule has 1 aliphatic heterocycles. The Kier molecular flexibility index (Phi) is 5.10. The summed E-state index contributed by atoms with van der Waals surface area (Å²) in [6, 6.07) is 37.5. The number of benzene rings is 5. The minimum atomic E-state index is -0.381. The van der Waals surface area contributed by atoms with Gasteiger partial charge in [-0.25, -0.2) is 4.99 Å². The number of carbonyl (C=O) groups is 1. The van der Waals surface area contributed by atoms with E-state index in [1.54, 1.807) is 0 Å². The van der Waals surface area contributed by atoms with E-state index in [1.807, 2.05) is 36.4 Å². The van der Waals surface area contributed by atoms with Gasteiger partial charge in [0.1, 0.15) is 0 Å². The molecule has 0 fully saturated rings. The lowest BCUT2D eigenvalue weighted by atomic mass is 9.87. The molecule has 0 saturated heterocycles. The number of nitrogens with zero attached hydrogens (tertiary/aromatic N) is 1. The first-order valence-electron chi connectivity index (χ1n) is 11.9. The summed E-state index contributed by atoms with van der Waals surface area (Å²) < 4.78 is 2.86. The second-order valence-corrected chi connectivity index (χ2v) is 11.7. The number of aliphatic imine (C=N–C) groups is 1. The number of hydrogen-bond donors (Lipinski definition) is 0. The molecular weight excluding hydrogens is 553 g/mol. The highest BCUT2D eigenvalue weighted by atomic mass is 127. The summed E-state index contributed by atoms with van der Waals surface area (Å²) in [4.78, 5) is 18.0. The van der Waals surface area contributed by atoms with Crippen molar-refractivity contribution in [2.45, 2.75) is 0 Å². The molecule has 1 heterocycles. The molecule has 5 aromatic carbocycles. The zero-order chi connectivity index (χ0) is 24.1. The topological polar surface area (TPSA) is 29.4 Å². The van der Waals surface area contributed by atoms with Gasteiger partial charge in [0.05, 0.1) is 5.71 Å². The molecule has 170 valence electrons. The van der Waals surface area contributed by atoms with E-state index in [0.717, 1.165) is 22.4 Å². The Balaban J connectivity index is 1.65. The molecule has 36 heavy (non-hydrogen) atoms. The van der Waals surface area contributed by atoms with E-state index in [-0.39, 0.29) is 26.6 Å². The van der Waals surface area contributed by atoms with Gasteiger partial charge < -0.3 is 0 Å². The number of allylic oxidation sites excluding steroid dienone is 1. The zero-order valence-electron chi connectivity index (χ0n) is 19.3. The zero-order valence-corrected chi connectivity index (χ0v) is 21.4. The van der Waals surface area contributed by atoms with E-state index in [0.29, 0.717) is 5.56 Å². The number of carbonyl (C=O) groups excluding carboxylic acids is 1. The van der Waals surface area contributed by atoms with Crippen molar-refractivity contribution in [3.8, 4) is 11.1 Å². The van der Waals surface area contributed by atoms with E-state index < -0.39 is 0 Å². The summed E-state index contributed by atoms with van der Waals surface area (Å²) >= 11 is -0.381. The standard InChI is InChI=1S/C33H20INO/c36-33(22-11-2-1-3-12-22)35-29-19-18-21-10-4-6-14-24(21)30(29)31-25-15-7-5-13-23(25)20-27-26-16-8-9-17-28(26)34-32(27)31/h1-20H. The number of hydrogen-bond acceptors (Lipinski definition) is 1. The van der Waals surface area contributed by atoms with E-state index in [1.165, 1.54) is 33.8 Å². The van der Waals surface area contributed by atoms with Crippen LogP contribution in [-0.4, -0.2) is 11.6 Å². The maximum absolute atomic E-state index is 13.2. The van der Waals surface area contributed by atoms with Crippen molar-refractivity contribution < 1.29 is 4.79 Å². The normalized spacial score (nSPS) is 16.1. The van der Waals surface area contributed by atoms with Gasteiger partial charge in [-0.05, 0) is 63.4 Å². The van der Waals surface area contributed by atoms with Crippen molar-refractivity contribution in [1.82, 2.24) is 0 Å². The summed E-state index contributed by atoms with van der Waals surface area (Å²) in [5.41, 5.74) is 7.30. The van der Waals surface area contributed by atoms with Gasteiger partial charge in [-0.15, -0.1) is 0 Å². The lowest BCUT2D eigenvalue weighted by Gasteiger charge is -2.18. The SMILES string of the molecule is O=C(N=C1C=Cc2ccccc2C1=c1c2c(cc3ccccc13)-c1ccccc1I=2)c1ccccc1. The summed E-state index contributed by atoms with van der Waals surface area (Å²) in [7, 11) is 0. The van der Waals surface area contributed by atoms with Crippen LogP contribution in [0.2, 0.25) is 0 Å². The number of halogens is 1. The van der Waals surface area contributed by atoms with E-state index in [9.17, 15) is 4.79 Å². The van der Waals surface area contributed by atoms with Gasteiger partial charge in [-0.3, -0.25) is 4.79 Å². The van der Waals surface area contributed by atoms with E-state index in [2.05, 4.69) is 84.9 Å². The molecule has 0 bridgehead atoms. The Bertz CT molecular complexity index is 1900. The first-order chi connectivity index (χ1) is 17.8. The molecule has 2 nitrogen and oxygen atoms in total. The monoisotopic (exact) mass is 573 g/mol. The Hall–Kier alpha value is -3.96. The molecule has 0 radical (unpaired) electrons. The summed E-state index contributed by atoms with van der Waals surface area (Å²) in [5, 5.41) is 3.65. The molecule has 0 aromatic heterocycles. The maximum Gasteiger partial charge on any atom is 0.277 e. The Morgan fingerprint density at radius 3 is 2.28 bits per heavy atom. The van der Waals surface area contributed by atoms with Gasteiger partial charge in [-0.1, -0.05) is 112 Å². The van der Waals surface area contributed by atoms with Crippen molar-refractivity contribution in [1.29, 1.82) is 0 Å². The summed E-state index contributed by atoms with van der Waals surface area (Å²) in [6.45, 7) is 0. The van der Waals surface area contributed by atoms with Crippen LogP contribution < -0.4 is 5.22 Å². The maximum atomic E-state index is 13.2. The third-order valence-electron chi connectivity index (χ3n) is 6.75. The first-order valence-corrected chi connectivity index (χ1v) is 14.1. The van der Waals surface area contributed by atoms with Crippen molar-refractivity contribution in [2.24, 2.45) is 4.99 Å². The van der Waals surface area contributed by atoms with Crippen molar-refractivity contribution in [3.63, 3.8) is 0 Å². The molecule has 0 saturated carbocycles. The number of amides is 1. The second kappa shape index (κ2) is 8.61. The van der Waals surface area contributed by atoms with Crippen LogP contribution in [-0.2, 0) is 0 Å². The summed E-state index contributed by atoms with van der Waals surface area (Å²) in [6.07, 6.45) is 4.08. The molecule has 1 amide bonds. The second-order valence-electron chi connectivity index (χ2n) is 8.87. The molecule has 0 spiro atoms. The fourth-order valence-electron chi connectivity index (χ4n) is 5.10. The molecule has 2 aliphatic rings. The molecule has 7 rings (SSSR count). The number of rotatable bonds is 1. The van der Waals surface area contributed by atoms with Crippen molar-refractivity contribution in [2.75, 3.05) is 0 Å². The van der Waals surface area contributed by atoms with E-state index >= 15 is 0 Å². The molecule has 0 N–H and O–H groups in total. The van der Waals surface area contributed by atoms with Crippen LogP contribution in [0.25, 0.3) is 33.5 Å². The predicted molar refractivity (Wildman–Crippen MR) is 157 cm³/mol. The molecule has 1 aliphatic carbocycles. The quantitative estimate of drug-likeness (QED) is 0.188. The smallest absolute Gasteiger partial charge is 0.267 e. The van der Waals surface area contributed by atoms with Gasteiger partial charge in [0, 0.05) is 23.1 Å². The largest absolute Gasteiger partial charge is 0.277 e. The van der Waals surface area contributed by atoms with Gasteiger partial charge >= 0.3 is 0 Å². The minimum absolute atomic E-state index is 0.220. The van der Waals surface area contributed by atoms with Crippen LogP contribution in [0.3, 0.4) is 0 Å². The van der Waals surface area contributed by atoms with Gasteiger partial charge in [0.25, 0.3) is 5.91 Å². The van der Waals surface area contributed by atoms with Crippen LogP contribution in [0.4, 0.5) is 0 Å². The average Bonchev–Trinajstić information content (AvgIpc) is 3.30. The van der Waals surface area contributed by atoms with Crippen LogP contribution in [0.1, 0.15) is 21.5 Å². The highest BCUT2D eigenvalue weighted by Gasteiger charge is 2.22.